The Kier molecular flexibility index (Phi) is 13.1. The fourth-order valence-corrected chi connectivity index (χ4v) is 4.53. The van der Waals surface area contributed by atoms with Crippen LogP contribution in [0.5, 0.6) is 0 Å². The largest absolute Gasteiger partial charge is 0.129 e. The molecule has 1 rings (SSSR count). The van der Waals surface area contributed by atoms with Crippen LogP contribution in [0.4, 0.5) is 0 Å². The van der Waals surface area contributed by atoms with Gasteiger partial charge in [-0.25, -0.2) is 0 Å². The lowest BCUT2D eigenvalue weighted by molar-refractivity contribution is 0.467. The van der Waals surface area contributed by atoms with Gasteiger partial charge in [0, 0.05) is 5.66 Å². The van der Waals surface area contributed by atoms with Crippen molar-refractivity contribution in [3.8, 4) is 0 Å². The molecule has 0 nitrogen and oxygen atoms in total. The highest BCUT2D eigenvalue weighted by atomic mass is 31.0. The Morgan fingerprint density at radius 2 is 1.71 bits per heavy atom. The molecule has 0 radical (unpaired) electrons. The Bertz CT molecular complexity index is 561. The Morgan fingerprint density at radius 3 is 2.43 bits per heavy atom. The van der Waals surface area contributed by atoms with Crippen molar-refractivity contribution in [2.75, 3.05) is 0 Å². The maximum Gasteiger partial charge on any atom is 0.00101 e. The summed E-state index contributed by atoms with van der Waals surface area (Å²) in [7, 11) is 3.08. The van der Waals surface area contributed by atoms with Crippen molar-refractivity contribution >= 4 is 9.24 Å². The van der Waals surface area contributed by atoms with Crippen LogP contribution in [0, 0.1) is 11.8 Å². The molecule has 1 aliphatic carbocycles. The first kappa shape index (κ1) is 25.4. The average molecular weight is 403 g/mol. The van der Waals surface area contributed by atoms with E-state index in [1.54, 1.807) is 16.7 Å². The smallest absolute Gasteiger partial charge is 0.00101 e. The van der Waals surface area contributed by atoms with E-state index in [1.807, 2.05) is 0 Å². The summed E-state index contributed by atoms with van der Waals surface area (Å²) < 4.78 is 0. The zero-order valence-corrected chi connectivity index (χ0v) is 20.8. The minimum Gasteiger partial charge on any atom is -0.129 e. The van der Waals surface area contributed by atoms with Crippen molar-refractivity contribution in [3.05, 3.63) is 46.6 Å². The van der Waals surface area contributed by atoms with E-state index in [-0.39, 0.29) is 0 Å². The molecule has 4 atom stereocenters. The fourth-order valence-electron chi connectivity index (χ4n) is 3.95. The van der Waals surface area contributed by atoms with E-state index in [2.05, 4.69) is 75.1 Å². The molecule has 160 valence electrons. The monoisotopic (exact) mass is 402 g/mol. The summed E-state index contributed by atoms with van der Waals surface area (Å²) in [6.45, 7) is 13.9. The predicted octanol–water partition coefficient (Wildman–Crippen LogP) is 9.20. The molecule has 0 aromatic rings. The molecule has 0 aromatic carbocycles. The van der Waals surface area contributed by atoms with Crippen molar-refractivity contribution in [3.63, 3.8) is 0 Å². The topological polar surface area (TPSA) is 0 Å². The minimum atomic E-state index is 0.641. The van der Waals surface area contributed by atoms with Gasteiger partial charge in [-0.3, -0.25) is 0 Å². The van der Waals surface area contributed by atoms with E-state index in [4.69, 9.17) is 0 Å². The minimum absolute atomic E-state index is 0.641. The molecule has 0 saturated carbocycles. The quantitative estimate of drug-likeness (QED) is 0.164. The standard InChI is InChI=1S/C27H47P/c1-7-8-9-12-21(2)13-10-14-22(3)15-11-16-23(4)17-19-26-20-18-24(5)25(6)27(26)28/h12,14,18,20,23,25,27H,7-11,13,15-17,19,28H2,1-6H3/b21-12+,22-14+. The van der Waals surface area contributed by atoms with Crippen LogP contribution in [0.15, 0.2) is 46.6 Å². The predicted molar refractivity (Wildman–Crippen MR) is 133 cm³/mol. The Hall–Kier alpha value is -0.610. The average Bonchev–Trinajstić information content (AvgIpc) is 2.66. The molecule has 0 spiro atoms. The van der Waals surface area contributed by atoms with E-state index < -0.39 is 0 Å². The zero-order valence-electron chi connectivity index (χ0n) is 19.7. The molecule has 0 fully saturated rings. The third kappa shape index (κ3) is 10.2. The molecule has 0 amide bonds. The SMILES string of the molecule is CCCC/C=C(\C)CC/C=C(\C)CCCC(C)CCC1=CC=C(C)C(C)C1P. The van der Waals surface area contributed by atoms with Crippen molar-refractivity contribution in [2.45, 2.75) is 111 Å². The van der Waals surface area contributed by atoms with Crippen LogP contribution in [-0.2, 0) is 0 Å². The first-order valence-electron chi connectivity index (χ1n) is 11.8. The summed E-state index contributed by atoms with van der Waals surface area (Å²) in [5.74, 6) is 1.51. The number of hydrogen-bond donors (Lipinski definition) is 0. The zero-order chi connectivity index (χ0) is 20.9. The fraction of sp³-hybridized carbons (Fsp3) is 0.704. The van der Waals surface area contributed by atoms with Crippen LogP contribution in [0.25, 0.3) is 0 Å². The van der Waals surface area contributed by atoms with E-state index in [0.29, 0.717) is 11.6 Å². The Labute approximate surface area is 179 Å². The molecule has 0 bridgehead atoms. The summed E-state index contributed by atoms with van der Waals surface area (Å²) in [6.07, 6.45) is 22.5. The van der Waals surface area contributed by atoms with Crippen molar-refractivity contribution in [1.29, 1.82) is 0 Å². The third-order valence-corrected chi connectivity index (χ3v) is 7.53. The molecule has 1 aliphatic rings. The highest BCUT2D eigenvalue weighted by molar-refractivity contribution is 7.18. The molecular weight excluding hydrogens is 355 g/mol. The van der Waals surface area contributed by atoms with Crippen LogP contribution in [0.1, 0.15) is 106 Å². The van der Waals surface area contributed by atoms with Gasteiger partial charge in [0.05, 0.1) is 0 Å². The first-order valence-corrected chi connectivity index (χ1v) is 12.5. The Morgan fingerprint density at radius 1 is 1.04 bits per heavy atom. The summed E-state index contributed by atoms with van der Waals surface area (Å²) in [6, 6.07) is 0. The lowest BCUT2D eigenvalue weighted by Gasteiger charge is -2.27. The van der Waals surface area contributed by atoms with Crippen LogP contribution in [0.2, 0.25) is 0 Å². The van der Waals surface area contributed by atoms with Gasteiger partial charge < -0.3 is 0 Å². The van der Waals surface area contributed by atoms with E-state index in [1.165, 1.54) is 69.8 Å². The maximum atomic E-state index is 3.08. The van der Waals surface area contributed by atoms with Gasteiger partial charge in [0.25, 0.3) is 0 Å². The molecular formula is C27H47P. The number of hydrogen-bond acceptors (Lipinski definition) is 0. The summed E-state index contributed by atoms with van der Waals surface area (Å²) in [5.41, 5.74) is 6.94. The molecule has 1 heteroatoms. The molecule has 0 heterocycles. The molecule has 4 unspecified atom stereocenters. The highest BCUT2D eigenvalue weighted by Crippen LogP contribution is 2.34. The van der Waals surface area contributed by atoms with E-state index in [9.17, 15) is 0 Å². The van der Waals surface area contributed by atoms with Crippen LogP contribution >= 0.6 is 9.24 Å². The summed E-state index contributed by atoms with van der Waals surface area (Å²) >= 11 is 0. The van der Waals surface area contributed by atoms with Gasteiger partial charge in [-0.2, -0.15) is 0 Å². The van der Waals surface area contributed by atoms with Gasteiger partial charge in [0.1, 0.15) is 0 Å². The normalized spacial score (nSPS) is 22.1. The molecule has 0 aliphatic heterocycles. The number of allylic oxidation sites excluding steroid dienone is 8. The van der Waals surface area contributed by atoms with Gasteiger partial charge in [0.2, 0.25) is 0 Å². The second-order valence-corrected chi connectivity index (χ2v) is 10.0. The molecule has 0 saturated heterocycles. The first-order chi connectivity index (χ1) is 13.3. The van der Waals surface area contributed by atoms with Gasteiger partial charge in [-0.15, -0.1) is 9.24 Å². The van der Waals surface area contributed by atoms with Gasteiger partial charge in [0.15, 0.2) is 0 Å². The Balaban J connectivity index is 2.21. The van der Waals surface area contributed by atoms with E-state index >= 15 is 0 Å². The third-order valence-electron chi connectivity index (χ3n) is 6.52. The molecule has 0 N–H and O–H groups in total. The van der Waals surface area contributed by atoms with Crippen molar-refractivity contribution < 1.29 is 0 Å². The van der Waals surface area contributed by atoms with Crippen LogP contribution < -0.4 is 0 Å². The lowest BCUT2D eigenvalue weighted by Crippen LogP contribution is -2.18. The molecule has 28 heavy (non-hydrogen) atoms. The van der Waals surface area contributed by atoms with Crippen molar-refractivity contribution in [1.82, 2.24) is 0 Å². The van der Waals surface area contributed by atoms with Crippen LogP contribution in [0.3, 0.4) is 0 Å². The summed E-state index contributed by atoms with van der Waals surface area (Å²) in [4.78, 5) is 0. The summed E-state index contributed by atoms with van der Waals surface area (Å²) in [5, 5.41) is 0. The van der Waals surface area contributed by atoms with Gasteiger partial charge in [-0.1, -0.05) is 86.6 Å². The van der Waals surface area contributed by atoms with Gasteiger partial charge >= 0.3 is 0 Å². The number of unbranched alkanes of at least 4 members (excludes halogenated alkanes) is 2. The van der Waals surface area contributed by atoms with Crippen molar-refractivity contribution in [2.24, 2.45) is 11.8 Å². The molecule has 0 aromatic heterocycles. The second kappa shape index (κ2) is 14.4. The van der Waals surface area contributed by atoms with E-state index in [0.717, 1.165) is 5.92 Å². The second-order valence-electron chi connectivity index (χ2n) is 9.28. The highest BCUT2D eigenvalue weighted by Gasteiger charge is 2.21. The maximum absolute atomic E-state index is 3.08. The number of rotatable bonds is 13. The van der Waals surface area contributed by atoms with Gasteiger partial charge in [-0.05, 0) is 77.6 Å². The van der Waals surface area contributed by atoms with Crippen LogP contribution in [-0.4, -0.2) is 5.66 Å². The lowest BCUT2D eigenvalue weighted by atomic mass is 9.85.